The molecule has 7 heteroatoms. The van der Waals surface area contributed by atoms with Crippen LogP contribution in [0.1, 0.15) is 5.69 Å². The van der Waals surface area contributed by atoms with Gasteiger partial charge in [0.15, 0.2) is 0 Å². The molecule has 0 saturated carbocycles. The average Bonchev–Trinajstić information content (AvgIpc) is 2.78. The lowest BCUT2D eigenvalue weighted by molar-refractivity contribution is 0.298. The smallest absolute Gasteiger partial charge is 0.135 e. The molecular weight excluding hydrogens is 366 g/mol. The van der Waals surface area contributed by atoms with E-state index in [9.17, 15) is 0 Å². The number of methoxy groups -OCH3 is 1. The van der Waals surface area contributed by atoms with Crippen molar-refractivity contribution in [2.24, 2.45) is 0 Å². The fraction of sp³-hybridized carbons (Fsp3) is 0.273. The van der Waals surface area contributed by atoms with Crippen molar-refractivity contribution in [1.29, 1.82) is 0 Å². The summed E-state index contributed by atoms with van der Waals surface area (Å²) in [5, 5.41) is 16.9. The fourth-order valence-corrected chi connectivity index (χ4v) is 2.83. The maximum Gasteiger partial charge on any atom is 0.135 e. The van der Waals surface area contributed by atoms with Gasteiger partial charge in [0.2, 0.25) is 0 Å². The first-order valence-corrected chi connectivity index (χ1v) is 6.79. The van der Waals surface area contributed by atoms with Gasteiger partial charge >= 0.3 is 0 Å². The highest BCUT2D eigenvalue weighted by atomic mass is 79.9. The lowest BCUT2D eigenvalue weighted by Crippen LogP contribution is -1.98. The Morgan fingerprint density at radius 1 is 1.33 bits per heavy atom. The second-order valence-corrected chi connectivity index (χ2v) is 5.27. The summed E-state index contributed by atoms with van der Waals surface area (Å²) in [5.74, 6) is 0.715. The molecule has 1 aromatic carbocycles. The van der Waals surface area contributed by atoms with Gasteiger partial charge in [-0.1, -0.05) is 5.21 Å². The number of benzene rings is 1. The number of halogens is 2. The predicted octanol–water partition coefficient (Wildman–Crippen LogP) is 2.34. The highest BCUT2D eigenvalue weighted by molar-refractivity contribution is 9.11. The third-order valence-electron chi connectivity index (χ3n) is 2.38. The Labute approximate surface area is 121 Å². The molecule has 1 N–H and O–H groups in total. The lowest BCUT2D eigenvalue weighted by Gasteiger charge is -2.08. The molecule has 0 fully saturated rings. The average molecular weight is 377 g/mol. The van der Waals surface area contributed by atoms with Crippen molar-refractivity contribution in [3.05, 3.63) is 33.0 Å². The van der Waals surface area contributed by atoms with Gasteiger partial charge in [0, 0.05) is 23.6 Å². The van der Waals surface area contributed by atoms with Gasteiger partial charge in [0.25, 0.3) is 0 Å². The molecule has 5 nitrogen and oxygen atoms in total. The summed E-state index contributed by atoms with van der Waals surface area (Å²) in [6, 6.07) is 3.74. The quantitative estimate of drug-likeness (QED) is 0.889. The van der Waals surface area contributed by atoms with Crippen LogP contribution in [0.5, 0.6) is 5.75 Å². The molecule has 0 atom stereocenters. The van der Waals surface area contributed by atoms with Gasteiger partial charge in [-0.3, -0.25) is 0 Å². The first kappa shape index (κ1) is 13.5. The third-order valence-corrected chi connectivity index (χ3v) is 3.63. The minimum absolute atomic E-state index is 0.0590. The van der Waals surface area contributed by atoms with Gasteiger partial charge in [-0.15, -0.1) is 5.10 Å². The molecule has 0 aliphatic rings. The Kier molecular flexibility index (Phi) is 4.36. The van der Waals surface area contributed by atoms with Crippen LogP contribution < -0.4 is 4.74 Å². The summed E-state index contributed by atoms with van der Waals surface area (Å²) in [7, 11) is 1.61. The maximum absolute atomic E-state index is 8.86. The molecule has 2 aromatic rings. The van der Waals surface area contributed by atoms with E-state index < -0.39 is 0 Å². The van der Waals surface area contributed by atoms with Crippen LogP contribution in [0.4, 0.5) is 0 Å². The number of aliphatic hydroxyl groups is 1. The Hall–Kier alpha value is -0.920. The van der Waals surface area contributed by atoms with Crippen molar-refractivity contribution in [3.8, 4) is 11.4 Å². The van der Waals surface area contributed by atoms with Crippen LogP contribution in [-0.4, -0.2) is 33.8 Å². The third kappa shape index (κ3) is 2.73. The van der Waals surface area contributed by atoms with E-state index in [1.165, 1.54) is 0 Å². The zero-order chi connectivity index (χ0) is 13.1. The molecule has 1 heterocycles. The first-order chi connectivity index (χ1) is 8.65. The Morgan fingerprint density at radius 3 is 2.78 bits per heavy atom. The van der Waals surface area contributed by atoms with Crippen LogP contribution in [-0.2, 0) is 6.42 Å². The molecule has 0 unspecified atom stereocenters. The SMILES string of the molecule is COc1cc(-n2cc(CCO)nn2)c(Br)cc1Br. The van der Waals surface area contributed by atoms with Crippen molar-refractivity contribution in [2.45, 2.75) is 6.42 Å². The van der Waals surface area contributed by atoms with Gasteiger partial charge < -0.3 is 9.84 Å². The fourth-order valence-electron chi connectivity index (χ4n) is 1.50. The number of rotatable bonds is 4. The van der Waals surface area contributed by atoms with Crippen molar-refractivity contribution in [2.75, 3.05) is 13.7 Å². The minimum Gasteiger partial charge on any atom is -0.495 e. The van der Waals surface area contributed by atoms with E-state index in [4.69, 9.17) is 9.84 Å². The molecule has 0 saturated heterocycles. The summed E-state index contributed by atoms with van der Waals surface area (Å²) in [4.78, 5) is 0. The predicted molar refractivity (Wildman–Crippen MR) is 74.1 cm³/mol. The van der Waals surface area contributed by atoms with Gasteiger partial charge in [-0.2, -0.15) is 0 Å². The molecule has 2 rings (SSSR count). The van der Waals surface area contributed by atoms with Crippen LogP contribution >= 0.6 is 31.9 Å². The first-order valence-electron chi connectivity index (χ1n) is 5.21. The van der Waals surface area contributed by atoms with Gasteiger partial charge in [-0.05, 0) is 37.9 Å². The highest BCUT2D eigenvalue weighted by Crippen LogP contribution is 2.33. The minimum atomic E-state index is 0.0590. The molecule has 0 spiro atoms. The second kappa shape index (κ2) is 5.81. The molecule has 1 aromatic heterocycles. The maximum atomic E-state index is 8.86. The van der Waals surface area contributed by atoms with Crippen LogP contribution in [0.15, 0.2) is 27.3 Å². The summed E-state index contributed by atoms with van der Waals surface area (Å²) in [6.45, 7) is 0.0590. The summed E-state index contributed by atoms with van der Waals surface area (Å²) < 4.78 is 8.62. The Morgan fingerprint density at radius 2 is 2.11 bits per heavy atom. The van der Waals surface area contributed by atoms with Crippen molar-refractivity contribution >= 4 is 31.9 Å². The Bertz CT molecular complexity index is 557. The lowest BCUT2D eigenvalue weighted by atomic mass is 10.3. The van der Waals surface area contributed by atoms with E-state index in [1.54, 1.807) is 18.0 Å². The standard InChI is InChI=1S/C11H11Br2N3O2/c1-18-11-5-10(8(12)4-9(11)13)16-6-7(2-3-17)14-15-16/h4-6,17H,2-3H2,1H3. The summed E-state index contributed by atoms with van der Waals surface area (Å²) >= 11 is 6.88. The van der Waals surface area contributed by atoms with E-state index in [-0.39, 0.29) is 6.61 Å². The number of nitrogens with zero attached hydrogens (tertiary/aromatic N) is 3. The Balaban J connectivity index is 2.42. The second-order valence-electron chi connectivity index (χ2n) is 3.57. The summed E-state index contributed by atoms with van der Waals surface area (Å²) in [6.07, 6.45) is 2.27. The number of aliphatic hydroxyl groups excluding tert-OH is 1. The number of hydrogen-bond donors (Lipinski definition) is 1. The van der Waals surface area contributed by atoms with Crippen LogP contribution in [0.2, 0.25) is 0 Å². The zero-order valence-corrected chi connectivity index (χ0v) is 12.8. The number of aromatic nitrogens is 3. The van der Waals surface area contributed by atoms with Gasteiger partial charge in [0.1, 0.15) is 5.75 Å². The van der Waals surface area contributed by atoms with E-state index in [1.807, 2.05) is 12.1 Å². The van der Waals surface area contributed by atoms with Gasteiger partial charge in [0.05, 0.1) is 29.2 Å². The number of ether oxygens (including phenoxy) is 1. The normalized spacial score (nSPS) is 10.7. The van der Waals surface area contributed by atoms with E-state index in [0.29, 0.717) is 12.2 Å². The summed E-state index contributed by atoms with van der Waals surface area (Å²) in [5.41, 5.74) is 1.57. The molecule has 0 amide bonds. The zero-order valence-electron chi connectivity index (χ0n) is 9.60. The number of hydrogen-bond acceptors (Lipinski definition) is 4. The highest BCUT2D eigenvalue weighted by Gasteiger charge is 2.10. The van der Waals surface area contributed by atoms with Crippen molar-refractivity contribution < 1.29 is 9.84 Å². The van der Waals surface area contributed by atoms with Crippen LogP contribution in [0, 0.1) is 0 Å². The topological polar surface area (TPSA) is 60.2 Å². The molecule has 96 valence electrons. The molecule has 0 bridgehead atoms. The van der Waals surface area contributed by atoms with E-state index in [2.05, 4.69) is 42.2 Å². The molecule has 0 aliphatic carbocycles. The molecular formula is C11H11Br2N3O2. The van der Waals surface area contributed by atoms with Gasteiger partial charge in [-0.25, -0.2) is 4.68 Å². The molecule has 0 aliphatic heterocycles. The van der Waals surface area contributed by atoms with Crippen LogP contribution in [0.25, 0.3) is 5.69 Å². The molecule has 18 heavy (non-hydrogen) atoms. The van der Waals surface area contributed by atoms with E-state index >= 15 is 0 Å². The van der Waals surface area contributed by atoms with Crippen molar-refractivity contribution in [3.63, 3.8) is 0 Å². The van der Waals surface area contributed by atoms with Crippen LogP contribution in [0.3, 0.4) is 0 Å². The monoisotopic (exact) mass is 375 g/mol. The van der Waals surface area contributed by atoms with E-state index in [0.717, 1.165) is 20.3 Å². The largest absolute Gasteiger partial charge is 0.495 e. The molecule has 0 radical (unpaired) electrons. The van der Waals surface area contributed by atoms with Crippen molar-refractivity contribution in [1.82, 2.24) is 15.0 Å².